The molecule has 0 unspecified atom stereocenters. The van der Waals surface area contributed by atoms with Crippen LogP contribution in [0.25, 0.3) is 11.1 Å². The zero-order chi connectivity index (χ0) is 17.9. The first-order chi connectivity index (χ1) is 12.7. The summed E-state index contributed by atoms with van der Waals surface area (Å²) in [6, 6.07) is 21.3. The first-order valence-corrected chi connectivity index (χ1v) is 9.01. The van der Waals surface area contributed by atoms with Gasteiger partial charge in [0.05, 0.1) is 0 Å². The van der Waals surface area contributed by atoms with E-state index in [0.717, 1.165) is 24.0 Å². The van der Waals surface area contributed by atoms with Crippen LogP contribution in [0.1, 0.15) is 24.0 Å². The summed E-state index contributed by atoms with van der Waals surface area (Å²) in [5.41, 5.74) is 10.0. The largest absolute Gasteiger partial charge is 0.0949 e. The Morgan fingerprint density at radius 2 is 1.38 bits per heavy atom. The van der Waals surface area contributed by atoms with Crippen molar-refractivity contribution in [2.45, 2.75) is 12.8 Å². The van der Waals surface area contributed by atoms with Gasteiger partial charge in [-0.3, -0.25) is 0 Å². The van der Waals surface area contributed by atoms with Crippen LogP contribution in [0.5, 0.6) is 0 Å². The van der Waals surface area contributed by atoms with Crippen molar-refractivity contribution in [2.24, 2.45) is 0 Å². The summed E-state index contributed by atoms with van der Waals surface area (Å²) in [5.74, 6) is 0. The van der Waals surface area contributed by atoms with E-state index >= 15 is 0 Å². The normalized spacial score (nSPS) is 20.5. The highest BCUT2D eigenvalue weighted by atomic mass is 14.2. The van der Waals surface area contributed by atoms with Crippen LogP contribution in [0.3, 0.4) is 0 Å². The average Bonchev–Trinajstić information content (AvgIpc) is 2.74. The van der Waals surface area contributed by atoms with E-state index in [1.807, 2.05) is 0 Å². The molecule has 0 aliphatic heterocycles. The number of allylic oxidation sites excluding steroid dienone is 10. The highest BCUT2D eigenvalue weighted by Gasteiger charge is 2.21. The molecule has 2 bridgehead atoms. The van der Waals surface area contributed by atoms with Crippen molar-refractivity contribution in [1.82, 2.24) is 0 Å². The van der Waals surface area contributed by atoms with Crippen LogP contribution in [-0.2, 0) is 0 Å². The van der Waals surface area contributed by atoms with Gasteiger partial charge in [0.15, 0.2) is 0 Å². The van der Waals surface area contributed by atoms with Crippen LogP contribution < -0.4 is 0 Å². The minimum atomic E-state index is 0.864. The summed E-state index contributed by atoms with van der Waals surface area (Å²) in [4.78, 5) is 0. The molecular formula is C26H22. The summed E-state index contributed by atoms with van der Waals surface area (Å²) in [6.45, 7) is 8.43. The molecule has 0 spiro atoms. The molecule has 0 amide bonds. The van der Waals surface area contributed by atoms with Gasteiger partial charge in [-0.2, -0.15) is 0 Å². The van der Waals surface area contributed by atoms with Crippen molar-refractivity contribution < 1.29 is 0 Å². The molecule has 0 aromatic heterocycles. The third-order valence-corrected chi connectivity index (χ3v) is 5.06. The van der Waals surface area contributed by atoms with Gasteiger partial charge in [-0.1, -0.05) is 97.6 Å². The van der Waals surface area contributed by atoms with Crippen LogP contribution in [0.4, 0.5) is 0 Å². The molecule has 0 saturated carbocycles. The minimum absolute atomic E-state index is 0.864. The third-order valence-electron chi connectivity index (χ3n) is 5.06. The highest BCUT2D eigenvalue weighted by molar-refractivity contribution is 5.94. The van der Waals surface area contributed by atoms with Gasteiger partial charge in [-0.05, 0) is 57.9 Å². The topological polar surface area (TPSA) is 0 Å². The highest BCUT2D eigenvalue weighted by Crippen LogP contribution is 2.42. The fourth-order valence-corrected chi connectivity index (χ4v) is 3.63. The maximum absolute atomic E-state index is 4.26. The van der Waals surface area contributed by atoms with Gasteiger partial charge >= 0.3 is 0 Å². The van der Waals surface area contributed by atoms with Crippen LogP contribution >= 0.6 is 0 Å². The number of rotatable bonds is 2. The standard InChI is InChI=1S/C26H22/c1-19-10-9-15-23-17-24(16-20(19)2)26(22-13-7-4-8-14-22)18-25(23)21-11-5-3-6-12-21/h3-15,18H,1-2,16-17H2/b10-9-,23-15+. The fourth-order valence-electron chi connectivity index (χ4n) is 3.63. The van der Waals surface area contributed by atoms with E-state index in [2.05, 4.69) is 98.1 Å². The van der Waals surface area contributed by atoms with Gasteiger partial charge in [0.25, 0.3) is 0 Å². The summed E-state index contributed by atoms with van der Waals surface area (Å²) >= 11 is 0. The molecule has 0 heteroatoms. The zero-order valence-corrected chi connectivity index (χ0v) is 14.9. The second-order valence-electron chi connectivity index (χ2n) is 6.84. The Labute approximate surface area is 155 Å². The lowest BCUT2D eigenvalue weighted by Gasteiger charge is -2.24. The van der Waals surface area contributed by atoms with Crippen molar-refractivity contribution in [2.75, 3.05) is 0 Å². The van der Waals surface area contributed by atoms with E-state index in [1.165, 1.54) is 33.4 Å². The first-order valence-electron chi connectivity index (χ1n) is 9.01. The maximum Gasteiger partial charge on any atom is -0.00484 e. The Bertz CT molecular complexity index is 977. The molecule has 0 heterocycles. The predicted molar refractivity (Wildman–Crippen MR) is 113 cm³/mol. The Morgan fingerprint density at radius 1 is 0.731 bits per heavy atom. The van der Waals surface area contributed by atoms with Crippen molar-refractivity contribution in [3.63, 3.8) is 0 Å². The van der Waals surface area contributed by atoms with Gasteiger partial charge in [-0.25, -0.2) is 0 Å². The quantitative estimate of drug-likeness (QED) is 0.559. The van der Waals surface area contributed by atoms with Gasteiger partial charge in [0.1, 0.15) is 0 Å². The van der Waals surface area contributed by atoms with E-state index in [9.17, 15) is 0 Å². The Morgan fingerprint density at radius 3 is 2.08 bits per heavy atom. The predicted octanol–water partition coefficient (Wildman–Crippen LogP) is 6.93. The summed E-state index contributed by atoms with van der Waals surface area (Å²) in [7, 11) is 0. The van der Waals surface area contributed by atoms with Gasteiger partial charge in [0.2, 0.25) is 0 Å². The van der Waals surface area contributed by atoms with E-state index in [0.29, 0.717) is 0 Å². The summed E-state index contributed by atoms with van der Waals surface area (Å²) in [6.07, 6.45) is 10.6. The number of hydrogen-bond acceptors (Lipinski definition) is 0. The molecule has 4 rings (SSSR count). The molecular weight excluding hydrogens is 312 g/mol. The van der Waals surface area contributed by atoms with Gasteiger partial charge < -0.3 is 0 Å². The second-order valence-corrected chi connectivity index (χ2v) is 6.84. The molecule has 0 saturated heterocycles. The van der Waals surface area contributed by atoms with Gasteiger partial charge in [0, 0.05) is 0 Å². The Hall–Kier alpha value is -3.12. The molecule has 126 valence electrons. The van der Waals surface area contributed by atoms with E-state index < -0.39 is 0 Å². The average molecular weight is 334 g/mol. The Kier molecular flexibility index (Phi) is 4.41. The molecule has 0 nitrogen and oxygen atoms in total. The van der Waals surface area contributed by atoms with Crippen LogP contribution in [-0.4, -0.2) is 0 Å². The van der Waals surface area contributed by atoms with Crippen LogP contribution in [0.15, 0.2) is 120 Å². The fraction of sp³-hybridized carbons (Fsp3) is 0.0769. The second kappa shape index (κ2) is 7.01. The Balaban J connectivity index is 1.93. The number of benzene rings is 2. The molecule has 0 fully saturated rings. The minimum Gasteiger partial charge on any atom is -0.0949 e. The summed E-state index contributed by atoms with van der Waals surface area (Å²) < 4.78 is 0. The van der Waals surface area contributed by atoms with Crippen molar-refractivity contribution in [3.8, 4) is 0 Å². The molecule has 2 aromatic carbocycles. The molecule has 2 aliphatic carbocycles. The summed E-state index contributed by atoms with van der Waals surface area (Å²) in [5, 5.41) is 0. The maximum atomic E-state index is 4.26. The van der Waals surface area contributed by atoms with E-state index in [1.54, 1.807) is 0 Å². The van der Waals surface area contributed by atoms with Crippen LogP contribution in [0, 0.1) is 0 Å². The monoisotopic (exact) mass is 334 g/mol. The lowest BCUT2D eigenvalue weighted by Crippen LogP contribution is -2.03. The van der Waals surface area contributed by atoms with E-state index in [-0.39, 0.29) is 0 Å². The molecule has 2 aromatic rings. The zero-order valence-electron chi connectivity index (χ0n) is 14.9. The smallest absolute Gasteiger partial charge is 0.00484 e. The third kappa shape index (κ3) is 3.19. The molecule has 0 atom stereocenters. The SMILES string of the molecule is C=C1/C=C\C=C2/CC(=C(c3ccccc3)C=C2c2ccccc2)CC1=C. The van der Waals surface area contributed by atoms with Crippen molar-refractivity contribution in [1.29, 1.82) is 0 Å². The lowest BCUT2D eigenvalue weighted by atomic mass is 9.80. The molecule has 26 heavy (non-hydrogen) atoms. The lowest BCUT2D eigenvalue weighted by molar-refractivity contribution is 1.04. The first kappa shape index (κ1) is 16.4. The van der Waals surface area contributed by atoms with Crippen LogP contribution in [0.2, 0.25) is 0 Å². The molecule has 0 N–H and O–H groups in total. The molecule has 2 aliphatic rings. The van der Waals surface area contributed by atoms with Crippen molar-refractivity contribution in [3.05, 3.63) is 132 Å². The van der Waals surface area contributed by atoms with Gasteiger partial charge in [-0.15, -0.1) is 0 Å². The van der Waals surface area contributed by atoms with Crippen molar-refractivity contribution >= 4 is 11.1 Å². The number of hydrogen-bond donors (Lipinski definition) is 0. The molecule has 0 radical (unpaired) electrons. The number of fused-ring (bicyclic) bond motifs is 2. The van der Waals surface area contributed by atoms with E-state index in [4.69, 9.17) is 0 Å².